The molecule has 1 heterocycles. The van der Waals surface area contributed by atoms with Crippen LogP contribution in [0, 0.1) is 11.3 Å². The van der Waals surface area contributed by atoms with Gasteiger partial charge in [0.05, 0.1) is 24.0 Å². The number of rotatable bonds is 4. The molecule has 1 saturated carbocycles. The lowest BCUT2D eigenvalue weighted by molar-refractivity contribution is -0.125. The standard InChI is InChI=1S/C13H23NO4S/c15-10-13(5-2-1-3-6-13)9-14-12(16)11-4-7-19(17,18)8-11/h11,15H,1-10H2,(H,14,16). The predicted molar refractivity (Wildman–Crippen MR) is 72.4 cm³/mol. The van der Waals surface area contributed by atoms with Crippen LogP contribution in [-0.4, -0.2) is 44.1 Å². The third-order valence-corrected chi connectivity index (χ3v) is 6.26. The second kappa shape index (κ2) is 5.79. The van der Waals surface area contributed by atoms with Gasteiger partial charge in [-0.25, -0.2) is 8.42 Å². The van der Waals surface area contributed by atoms with E-state index in [4.69, 9.17) is 0 Å². The number of amides is 1. The summed E-state index contributed by atoms with van der Waals surface area (Å²) in [4.78, 5) is 12.0. The van der Waals surface area contributed by atoms with Crippen LogP contribution in [0.3, 0.4) is 0 Å². The van der Waals surface area contributed by atoms with Crippen molar-refractivity contribution < 1.29 is 18.3 Å². The van der Waals surface area contributed by atoms with E-state index < -0.39 is 15.8 Å². The molecule has 5 nitrogen and oxygen atoms in total. The lowest BCUT2D eigenvalue weighted by atomic mass is 9.74. The van der Waals surface area contributed by atoms with Gasteiger partial charge in [0.2, 0.25) is 5.91 Å². The van der Waals surface area contributed by atoms with E-state index in [2.05, 4.69) is 5.32 Å². The molecular weight excluding hydrogens is 266 g/mol. The molecule has 0 aromatic rings. The number of nitrogens with one attached hydrogen (secondary N) is 1. The van der Waals surface area contributed by atoms with Crippen molar-refractivity contribution in [3.05, 3.63) is 0 Å². The summed E-state index contributed by atoms with van der Waals surface area (Å²) in [5.41, 5.74) is -0.189. The van der Waals surface area contributed by atoms with Crippen LogP contribution in [0.2, 0.25) is 0 Å². The molecule has 1 atom stereocenters. The second-order valence-electron chi connectivity index (χ2n) is 6.04. The summed E-state index contributed by atoms with van der Waals surface area (Å²) in [5.74, 6) is -0.468. The summed E-state index contributed by atoms with van der Waals surface area (Å²) >= 11 is 0. The summed E-state index contributed by atoms with van der Waals surface area (Å²) in [7, 11) is -3.01. The van der Waals surface area contributed by atoms with E-state index >= 15 is 0 Å². The zero-order chi connectivity index (χ0) is 13.9. The Hall–Kier alpha value is -0.620. The minimum Gasteiger partial charge on any atom is -0.396 e. The van der Waals surface area contributed by atoms with Gasteiger partial charge in [-0.05, 0) is 19.3 Å². The molecule has 0 radical (unpaired) electrons. The highest BCUT2D eigenvalue weighted by molar-refractivity contribution is 7.91. The summed E-state index contributed by atoms with van der Waals surface area (Å²) in [6.45, 7) is 0.565. The molecule has 1 aliphatic carbocycles. The number of aliphatic hydroxyl groups is 1. The van der Waals surface area contributed by atoms with Crippen molar-refractivity contribution >= 4 is 15.7 Å². The number of sulfone groups is 1. The molecule has 0 aromatic heterocycles. The van der Waals surface area contributed by atoms with Gasteiger partial charge in [-0.15, -0.1) is 0 Å². The minimum absolute atomic E-state index is 0.0229. The van der Waals surface area contributed by atoms with Crippen molar-refractivity contribution in [3.8, 4) is 0 Å². The quantitative estimate of drug-likeness (QED) is 0.788. The summed E-state index contributed by atoms with van der Waals surface area (Å²) in [5, 5.41) is 12.4. The third-order valence-electron chi connectivity index (χ3n) is 4.49. The largest absolute Gasteiger partial charge is 0.396 e. The first-order chi connectivity index (χ1) is 8.96. The fourth-order valence-electron chi connectivity index (χ4n) is 3.11. The molecule has 0 spiro atoms. The zero-order valence-corrected chi connectivity index (χ0v) is 12.0. The molecule has 0 aromatic carbocycles. The van der Waals surface area contributed by atoms with Gasteiger partial charge in [0.25, 0.3) is 0 Å². The number of aliphatic hydroxyl groups excluding tert-OH is 1. The van der Waals surface area contributed by atoms with Gasteiger partial charge in [0, 0.05) is 12.0 Å². The van der Waals surface area contributed by atoms with E-state index in [1.54, 1.807) is 0 Å². The van der Waals surface area contributed by atoms with Crippen molar-refractivity contribution in [2.45, 2.75) is 38.5 Å². The summed E-state index contributed by atoms with van der Waals surface area (Å²) in [6.07, 6.45) is 5.68. The van der Waals surface area contributed by atoms with Gasteiger partial charge >= 0.3 is 0 Å². The highest BCUT2D eigenvalue weighted by Gasteiger charge is 2.35. The Morgan fingerprint density at radius 1 is 1.26 bits per heavy atom. The first-order valence-corrected chi connectivity index (χ1v) is 8.88. The van der Waals surface area contributed by atoms with E-state index in [9.17, 15) is 18.3 Å². The van der Waals surface area contributed by atoms with E-state index in [0.29, 0.717) is 13.0 Å². The molecule has 110 valence electrons. The van der Waals surface area contributed by atoms with E-state index in [1.807, 2.05) is 0 Å². The van der Waals surface area contributed by atoms with E-state index in [-0.39, 0.29) is 29.4 Å². The molecule has 19 heavy (non-hydrogen) atoms. The molecule has 0 bridgehead atoms. The zero-order valence-electron chi connectivity index (χ0n) is 11.2. The lowest BCUT2D eigenvalue weighted by Gasteiger charge is -2.35. The van der Waals surface area contributed by atoms with Gasteiger partial charge < -0.3 is 10.4 Å². The minimum atomic E-state index is -3.01. The molecule has 1 unspecified atom stereocenters. The molecule has 1 amide bonds. The smallest absolute Gasteiger partial charge is 0.224 e. The van der Waals surface area contributed by atoms with Crippen LogP contribution >= 0.6 is 0 Å². The Bertz CT molecular complexity index is 426. The van der Waals surface area contributed by atoms with Gasteiger partial charge in [-0.3, -0.25) is 4.79 Å². The van der Waals surface area contributed by atoms with E-state index in [0.717, 1.165) is 25.7 Å². The highest BCUT2D eigenvalue weighted by Crippen LogP contribution is 2.35. The number of carbonyl (C=O) groups is 1. The van der Waals surface area contributed by atoms with Crippen molar-refractivity contribution in [3.63, 3.8) is 0 Å². The van der Waals surface area contributed by atoms with Crippen LogP contribution in [0.15, 0.2) is 0 Å². The van der Waals surface area contributed by atoms with Gasteiger partial charge in [0.1, 0.15) is 0 Å². The topological polar surface area (TPSA) is 83.5 Å². The van der Waals surface area contributed by atoms with Crippen LogP contribution < -0.4 is 5.32 Å². The molecule has 1 saturated heterocycles. The van der Waals surface area contributed by atoms with Crippen molar-refractivity contribution in [1.82, 2.24) is 5.32 Å². The number of hydrogen-bond acceptors (Lipinski definition) is 4. The molecule has 6 heteroatoms. The molecule has 2 fully saturated rings. The Labute approximate surface area is 114 Å². The van der Waals surface area contributed by atoms with Crippen LogP contribution in [-0.2, 0) is 14.6 Å². The Morgan fingerprint density at radius 2 is 1.95 bits per heavy atom. The average molecular weight is 289 g/mol. The number of hydrogen-bond donors (Lipinski definition) is 2. The molecular formula is C13H23NO4S. The maximum absolute atomic E-state index is 12.0. The molecule has 2 N–H and O–H groups in total. The normalized spacial score (nSPS) is 29.0. The first kappa shape index (κ1) is 14.8. The second-order valence-corrected chi connectivity index (χ2v) is 8.27. The van der Waals surface area contributed by atoms with Crippen molar-refractivity contribution in [2.75, 3.05) is 24.7 Å². The molecule has 1 aliphatic heterocycles. The fourth-order valence-corrected chi connectivity index (χ4v) is 4.85. The Morgan fingerprint density at radius 3 is 2.47 bits per heavy atom. The van der Waals surface area contributed by atoms with Crippen LogP contribution in [0.25, 0.3) is 0 Å². The summed E-state index contributed by atoms with van der Waals surface area (Å²) < 4.78 is 22.7. The van der Waals surface area contributed by atoms with Crippen LogP contribution in [0.5, 0.6) is 0 Å². The van der Waals surface area contributed by atoms with Crippen molar-refractivity contribution in [2.24, 2.45) is 11.3 Å². The molecule has 2 rings (SSSR count). The number of carbonyl (C=O) groups excluding carboxylic acids is 1. The van der Waals surface area contributed by atoms with Gasteiger partial charge in [0.15, 0.2) is 9.84 Å². The van der Waals surface area contributed by atoms with Gasteiger partial charge in [-0.1, -0.05) is 19.3 Å². The monoisotopic (exact) mass is 289 g/mol. The first-order valence-electron chi connectivity index (χ1n) is 7.05. The predicted octanol–water partition coefficient (Wildman–Crippen LogP) is 0.480. The van der Waals surface area contributed by atoms with E-state index in [1.165, 1.54) is 6.42 Å². The Kier molecular flexibility index (Phi) is 4.50. The van der Waals surface area contributed by atoms with Gasteiger partial charge in [-0.2, -0.15) is 0 Å². The third kappa shape index (κ3) is 3.69. The SMILES string of the molecule is O=C(NCC1(CO)CCCCC1)C1CCS(=O)(=O)C1. The Balaban J connectivity index is 1.86. The fraction of sp³-hybridized carbons (Fsp3) is 0.923. The van der Waals surface area contributed by atoms with Crippen molar-refractivity contribution in [1.29, 1.82) is 0 Å². The van der Waals surface area contributed by atoms with Crippen LogP contribution in [0.4, 0.5) is 0 Å². The lowest BCUT2D eigenvalue weighted by Crippen LogP contribution is -2.43. The summed E-state index contributed by atoms with van der Waals surface area (Å²) in [6, 6.07) is 0. The van der Waals surface area contributed by atoms with Crippen LogP contribution in [0.1, 0.15) is 38.5 Å². The maximum atomic E-state index is 12.0. The highest BCUT2D eigenvalue weighted by atomic mass is 32.2. The molecule has 2 aliphatic rings. The average Bonchev–Trinajstić information content (AvgIpc) is 2.77. The maximum Gasteiger partial charge on any atom is 0.224 e.